The number of esters is 2. The summed E-state index contributed by atoms with van der Waals surface area (Å²) in [6.07, 6.45) is 1.67. The molecule has 0 spiro atoms. The summed E-state index contributed by atoms with van der Waals surface area (Å²) in [5.74, 6) is -0.434. The maximum absolute atomic E-state index is 13.9. The highest BCUT2D eigenvalue weighted by Crippen LogP contribution is 2.36. The molecule has 40 heavy (non-hydrogen) atoms. The standard InChI is InChI=1S/C29H28Cl2N2O6S/c1-6-37-23-11-19(8-10-22(23)39-17(5)34)26-25(28(36)38-14-15(2)3)16(4)32-29-33(26)27(35)24(40-29)12-18-7-9-20(30)13-21(18)31/h7-13,15,26H,6,14H2,1-5H3/b24-12+. The number of allylic oxidation sites excluding steroid dienone is 1. The maximum Gasteiger partial charge on any atom is 0.338 e. The average molecular weight is 604 g/mol. The lowest BCUT2D eigenvalue weighted by atomic mass is 9.95. The van der Waals surface area contributed by atoms with Crippen molar-refractivity contribution in [2.45, 2.75) is 40.7 Å². The van der Waals surface area contributed by atoms with Crippen molar-refractivity contribution < 1.29 is 23.8 Å². The van der Waals surface area contributed by atoms with Crippen molar-refractivity contribution in [2.24, 2.45) is 10.9 Å². The van der Waals surface area contributed by atoms with Crippen molar-refractivity contribution in [3.05, 3.63) is 88.5 Å². The van der Waals surface area contributed by atoms with Crippen molar-refractivity contribution in [2.75, 3.05) is 13.2 Å². The third-order valence-corrected chi connectivity index (χ3v) is 7.42. The number of aromatic nitrogens is 1. The van der Waals surface area contributed by atoms with E-state index in [0.29, 0.717) is 48.6 Å². The topological polar surface area (TPSA) is 96.2 Å². The fourth-order valence-electron chi connectivity index (χ4n) is 4.18. The van der Waals surface area contributed by atoms with E-state index in [1.54, 1.807) is 56.3 Å². The molecule has 0 N–H and O–H groups in total. The molecule has 0 saturated carbocycles. The lowest BCUT2D eigenvalue weighted by molar-refractivity contribution is -0.140. The Hall–Kier alpha value is -3.40. The van der Waals surface area contributed by atoms with Crippen molar-refractivity contribution in [3.63, 3.8) is 0 Å². The van der Waals surface area contributed by atoms with E-state index in [-0.39, 0.29) is 29.4 Å². The summed E-state index contributed by atoms with van der Waals surface area (Å²) >= 11 is 13.6. The third kappa shape index (κ3) is 6.32. The van der Waals surface area contributed by atoms with Gasteiger partial charge in [-0.25, -0.2) is 9.79 Å². The molecule has 1 aromatic heterocycles. The largest absolute Gasteiger partial charge is 0.490 e. The van der Waals surface area contributed by atoms with Crippen LogP contribution in [0.4, 0.5) is 0 Å². The first-order chi connectivity index (χ1) is 19.0. The zero-order valence-electron chi connectivity index (χ0n) is 22.6. The van der Waals surface area contributed by atoms with Gasteiger partial charge in [0.15, 0.2) is 16.3 Å². The van der Waals surface area contributed by atoms with E-state index in [4.69, 9.17) is 37.4 Å². The molecule has 8 nitrogen and oxygen atoms in total. The van der Waals surface area contributed by atoms with Gasteiger partial charge < -0.3 is 14.2 Å². The van der Waals surface area contributed by atoms with Crippen molar-refractivity contribution in [3.8, 4) is 11.5 Å². The van der Waals surface area contributed by atoms with Crippen LogP contribution in [0.25, 0.3) is 6.08 Å². The van der Waals surface area contributed by atoms with Gasteiger partial charge in [0.1, 0.15) is 0 Å². The van der Waals surface area contributed by atoms with Gasteiger partial charge >= 0.3 is 11.9 Å². The number of halogens is 2. The quantitative estimate of drug-likeness (QED) is 0.264. The molecule has 1 atom stereocenters. The SMILES string of the molecule is CCOc1cc(C2C(C(=O)OCC(C)C)=C(C)N=c3s/c(=C/c4ccc(Cl)cc4Cl)c(=O)n32)ccc1OC(C)=O. The molecule has 0 saturated heterocycles. The number of carbonyl (C=O) groups is 2. The molecule has 0 bridgehead atoms. The van der Waals surface area contributed by atoms with Crippen LogP contribution in [-0.2, 0) is 14.3 Å². The van der Waals surface area contributed by atoms with Gasteiger partial charge in [0, 0.05) is 17.0 Å². The van der Waals surface area contributed by atoms with Gasteiger partial charge in [0.25, 0.3) is 5.56 Å². The van der Waals surface area contributed by atoms with E-state index in [9.17, 15) is 14.4 Å². The first-order valence-electron chi connectivity index (χ1n) is 12.6. The molecule has 0 fully saturated rings. The Balaban J connectivity index is 1.94. The lowest BCUT2D eigenvalue weighted by Crippen LogP contribution is -2.40. The Morgan fingerprint density at radius 1 is 1.15 bits per heavy atom. The van der Waals surface area contributed by atoms with Gasteiger partial charge in [0.05, 0.1) is 35.1 Å². The van der Waals surface area contributed by atoms with Gasteiger partial charge in [-0.05, 0) is 61.2 Å². The second kappa shape index (κ2) is 12.4. The zero-order chi connectivity index (χ0) is 29.1. The molecule has 11 heteroatoms. The maximum atomic E-state index is 13.9. The van der Waals surface area contributed by atoms with Crippen LogP contribution in [0.15, 0.2) is 57.5 Å². The molecule has 2 aromatic carbocycles. The van der Waals surface area contributed by atoms with Crippen LogP contribution in [-0.4, -0.2) is 29.7 Å². The number of carbonyl (C=O) groups excluding carboxylic acids is 2. The Morgan fingerprint density at radius 3 is 2.55 bits per heavy atom. The fourth-order valence-corrected chi connectivity index (χ4v) is 5.68. The average Bonchev–Trinajstić information content (AvgIpc) is 3.18. The van der Waals surface area contributed by atoms with Crippen LogP contribution < -0.4 is 24.4 Å². The van der Waals surface area contributed by atoms with Gasteiger partial charge in [0.2, 0.25) is 0 Å². The Kier molecular flexibility index (Phi) is 9.18. The minimum atomic E-state index is -0.871. The normalized spacial score (nSPS) is 15.1. The van der Waals surface area contributed by atoms with Crippen molar-refractivity contribution in [1.82, 2.24) is 4.57 Å². The predicted molar refractivity (Wildman–Crippen MR) is 155 cm³/mol. The monoisotopic (exact) mass is 602 g/mol. The summed E-state index contributed by atoms with van der Waals surface area (Å²) in [6.45, 7) is 9.19. The van der Waals surface area contributed by atoms with Gasteiger partial charge in [-0.15, -0.1) is 0 Å². The minimum absolute atomic E-state index is 0.112. The highest BCUT2D eigenvalue weighted by molar-refractivity contribution is 7.07. The van der Waals surface area contributed by atoms with E-state index >= 15 is 0 Å². The number of rotatable bonds is 8. The molecule has 0 amide bonds. The number of ether oxygens (including phenoxy) is 3. The highest BCUT2D eigenvalue weighted by atomic mass is 35.5. The number of fused-ring (bicyclic) bond motifs is 1. The number of benzene rings is 2. The molecule has 0 aliphatic carbocycles. The molecule has 0 radical (unpaired) electrons. The van der Waals surface area contributed by atoms with Crippen molar-refractivity contribution in [1.29, 1.82) is 0 Å². The number of hydrogen-bond acceptors (Lipinski definition) is 8. The summed E-state index contributed by atoms with van der Waals surface area (Å²) in [7, 11) is 0. The van der Waals surface area contributed by atoms with Crippen LogP contribution in [0.5, 0.6) is 11.5 Å². The predicted octanol–water partition coefficient (Wildman–Crippen LogP) is 5.07. The molecule has 1 unspecified atom stereocenters. The summed E-state index contributed by atoms with van der Waals surface area (Å²) in [4.78, 5) is 44.0. The van der Waals surface area contributed by atoms with E-state index in [0.717, 1.165) is 0 Å². The Bertz CT molecular complexity index is 1690. The van der Waals surface area contributed by atoms with E-state index in [1.807, 2.05) is 13.8 Å². The minimum Gasteiger partial charge on any atom is -0.490 e. The molecule has 3 aromatic rings. The number of nitrogens with zero attached hydrogens (tertiary/aromatic N) is 2. The second-order valence-electron chi connectivity index (χ2n) is 9.47. The second-order valence-corrected chi connectivity index (χ2v) is 11.3. The molecule has 2 heterocycles. The first kappa shape index (κ1) is 29.6. The number of thiazole rings is 1. The van der Waals surface area contributed by atoms with Gasteiger partial charge in [-0.3, -0.25) is 14.2 Å². The fraction of sp³-hybridized carbons (Fsp3) is 0.310. The Labute approximate surface area is 245 Å². The van der Waals surface area contributed by atoms with Crippen LogP contribution in [0.3, 0.4) is 0 Å². The molecule has 1 aliphatic heterocycles. The van der Waals surface area contributed by atoms with Crippen molar-refractivity contribution >= 4 is 52.6 Å². The highest BCUT2D eigenvalue weighted by Gasteiger charge is 2.34. The van der Waals surface area contributed by atoms with E-state index in [2.05, 4.69) is 4.99 Å². The van der Waals surface area contributed by atoms with Crippen LogP contribution in [0, 0.1) is 5.92 Å². The first-order valence-corrected chi connectivity index (χ1v) is 14.2. The molecule has 210 valence electrons. The van der Waals surface area contributed by atoms with Crippen LogP contribution in [0.2, 0.25) is 10.0 Å². The van der Waals surface area contributed by atoms with Gasteiger partial charge in [-0.1, -0.05) is 60.5 Å². The number of hydrogen-bond donors (Lipinski definition) is 0. The lowest BCUT2D eigenvalue weighted by Gasteiger charge is -2.25. The summed E-state index contributed by atoms with van der Waals surface area (Å²) in [6, 6.07) is 9.07. The van der Waals surface area contributed by atoms with Crippen LogP contribution >= 0.6 is 34.5 Å². The molecular formula is C29H28Cl2N2O6S. The molecular weight excluding hydrogens is 575 g/mol. The summed E-state index contributed by atoms with van der Waals surface area (Å²) < 4.78 is 18.5. The molecule has 1 aliphatic rings. The zero-order valence-corrected chi connectivity index (χ0v) is 24.9. The third-order valence-electron chi connectivity index (χ3n) is 5.88. The molecule has 4 rings (SSSR count). The van der Waals surface area contributed by atoms with E-state index < -0.39 is 18.0 Å². The van der Waals surface area contributed by atoms with E-state index in [1.165, 1.54) is 22.8 Å². The van der Waals surface area contributed by atoms with Crippen LogP contribution in [0.1, 0.15) is 51.8 Å². The van der Waals surface area contributed by atoms with Gasteiger partial charge in [-0.2, -0.15) is 0 Å². The summed E-state index contributed by atoms with van der Waals surface area (Å²) in [5.41, 5.74) is 1.47. The summed E-state index contributed by atoms with van der Waals surface area (Å²) in [5, 5.41) is 0.873. The smallest absolute Gasteiger partial charge is 0.338 e. The Morgan fingerprint density at radius 2 is 1.90 bits per heavy atom.